The number of aliphatic hydroxyl groups excluding tert-OH is 2. The first kappa shape index (κ1) is 21.5. The standard InChI is InChI=1S/C23H37NO4/c1-14-16(12-21(27)28-11-10-24(4)5)6-7-17-22(14)20(26)13-18-15(2)19(25)8-9-23(17,18)3/h12,14,17,19-20,22,25-26H,6-11,13H2,1-5H3/t14-,17+,19-,20-,22+,23+/m0/s1. The Balaban J connectivity index is 1.77. The molecule has 0 aromatic heterocycles. The van der Waals surface area contributed by atoms with Gasteiger partial charge in [-0.25, -0.2) is 4.79 Å². The van der Waals surface area contributed by atoms with Crippen molar-refractivity contribution in [1.82, 2.24) is 4.90 Å². The highest BCUT2D eigenvalue weighted by Gasteiger charge is 2.54. The topological polar surface area (TPSA) is 70.0 Å². The third-order valence-electron chi connectivity index (χ3n) is 7.74. The van der Waals surface area contributed by atoms with Gasteiger partial charge in [0.15, 0.2) is 0 Å². The van der Waals surface area contributed by atoms with Gasteiger partial charge in [-0.1, -0.05) is 25.0 Å². The van der Waals surface area contributed by atoms with Crippen LogP contribution < -0.4 is 0 Å². The number of rotatable bonds is 4. The highest BCUT2D eigenvalue weighted by atomic mass is 16.5. The lowest BCUT2D eigenvalue weighted by atomic mass is 9.49. The molecule has 158 valence electrons. The van der Waals surface area contributed by atoms with Gasteiger partial charge in [-0.15, -0.1) is 0 Å². The molecule has 0 saturated heterocycles. The monoisotopic (exact) mass is 391 g/mol. The summed E-state index contributed by atoms with van der Waals surface area (Å²) in [5.74, 6) is 0.452. The number of carbonyl (C=O) groups is 1. The van der Waals surface area contributed by atoms with E-state index in [9.17, 15) is 15.0 Å². The smallest absolute Gasteiger partial charge is 0.330 e. The molecule has 3 aliphatic rings. The fourth-order valence-corrected chi connectivity index (χ4v) is 6.01. The van der Waals surface area contributed by atoms with Crippen LogP contribution in [0.25, 0.3) is 0 Å². The Morgan fingerprint density at radius 2 is 2.04 bits per heavy atom. The zero-order chi connectivity index (χ0) is 20.6. The zero-order valence-corrected chi connectivity index (χ0v) is 18.1. The molecule has 0 amide bonds. The summed E-state index contributed by atoms with van der Waals surface area (Å²) in [6.45, 7) is 7.63. The minimum absolute atomic E-state index is 0.0548. The van der Waals surface area contributed by atoms with Gasteiger partial charge in [0.05, 0.1) is 12.2 Å². The molecule has 2 N–H and O–H groups in total. The van der Waals surface area contributed by atoms with Gasteiger partial charge in [-0.2, -0.15) is 0 Å². The van der Waals surface area contributed by atoms with Crippen LogP contribution in [-0.4, -0.2) is 60.5 Å². The Labute approximate surface area is 169 Å². The fourth-order valence-electron chi connectivity index (χ4n) is 6.01. The summed E-state index contributed by atoms with van der Waals surface area (Å²) in [6, 6.07) is 0. The van der Waals surface area contributed by atoms with Crippen molar-refractivity contribution in [2.45, 2.75) is 65.1 Å². The summed E-state index contributed by atoms with van der Waals surface area (Å²) >= 11 is 0. The molecule has 3 aliphatic carbocycles. The molecular formula is C23H37NO4. The van der Waals surface area contributed by atoms with E-state index in [1.165, 1.54) is 5.57 Å². The van der Waals surface area contributed by atoms with E-state index in [4.69, 9.17) is 4.74 Å². The second-order valence-electron chi connectivity index (χ2n) is 9.61. The molecule has 28 heavy (non-hydrogen) atoms. The highest BCUT2D eigenvalue weighted by molar-refractivity contribution is 5.83. The minimum Gasteiger partial charge on any atom is -0.461 e. The third kappa shape index (κ3) is 3.94. The lowest BCUT2D eigenvalue weighted by molar-refractivity contribution is -0.138. The maximum absolute atomic E-state index is 12.2. The average Bonchev–Trinajstić information content (AvgIpc) is 2.62. The Morgan fingerprint density at radius 1 is 1.32 bits per heavy atom. The largest absolute Gasteiger partial charge is 0.461 e. The quantitative estimate of drug-likeness (QED) is 0.438. The van der Waals surface area contributed by atoms with Gasteiger partial charge in [-0.05, 0) is 81.9 Å². The van der Waals surface area contributed by atoms with Crippen molar-refractivity contribution < 1.29 is 19.7 Å². The number of likely N-dealkylation sites (N-methyl/N-ethyl adjacent to an activating group) is 1. The second-order valence-corrected chi connectivity index (χ2v) is 9.61. The Bertz CT molecular complexity index is 668. The molecule has 3 rings (SSSR count). The molecule has 0 unspecified atom stereocenters. The number of hydrogen-bond acceptors (Lipinski definition) is 5. The molecular weight excluding hydrogens is 354 g/mol. The van der Waals surface area contributed by atoms with Gasteiger partial charge >= 0.3 is 5.97 Å². The minimum atomic E-state index is -0.420. The van der Waals surface area contributed by atoms with E-state index in [1.807, 2.05) is 25.9 Å². The molecule has 0 aromatic rings. The first-order valence-electron chi connectivity index (χ1n) is 10.7. The van der Waals surface area contributed by atoms with Gasteiger partial charge in [0.1, 0.15) is 6.61 Å². The van der Waals surface area contributed by atoms with Crippen molar-refractivity contribution in [3.63, 3.8) is 0 Å². The van der Waals surface area contributed by atoms with Crippen molar-refractivity contribution >= 4 is 5.97 Å². The van der Waals surface area contributed by atoms with E-state index in [1.54, 1.807) is 6.08 Å². The summed E-state index contributed by atoms with van der Waals surface area (Å²) < 4.78 is 5.34. The van der Waals surface area contributed by atoms with Crippen molar-refractivity contribution in [1.29, 1.82) is 0 Å². The molecule has 0 radical (unpaired) electrons. The first-order chi connectivity index (χ1) is 13.1. The van der Waals surface area contributed by atoms with Crippen LogP contribution in [0.4, 0.5) is 0 Å². The summed E-state index contributed by atoms with van der Waals surface area (Å²) in [7, 11) is 3.91. The van der Waals surface area contributed by atoms with Crippen LogP contribution in [0.2, 0.25) is 0 Å². The fraction of sp³-hybridized carbons (Fsp3) is 0.783. The van der Waals surface area contributed by atoms with E-state index >= 15 is 0 Å². The number of ether oxygens (including phenoxy) is 1. The van der Waals surface area contributed by atoms with E-state index in [2.05, 4.69) is 13.8 Å². The predicted octanol–water partition coefficient (Wildman–Crippen LogP) is 2.92. The van der Waals surface area contributed by atoms with Crippen LogP contribution in [0, 0.1) is 23.2 Å². The summed E-state index contributed by atoms with van der Waals surface area (Å²) in [6.07, 6.45) is 5.18. The van der Waals surface area contributed by atoms with Gasteiger partial charge in [-0.3, -0.25) is 0 Å². The number of hydrogen-bond donors (Lipinski definition) is 2. The van der Waals surface area contributed by atoms with Crippen LogP contribution in [0.1, 0.15) is 52.9 Å². The predicted molar refractivity (Wildman–Crippen MR) is 110 cm³/mol. The Hall–Kier alpha value is -1.17. The molecule has 5 heteroatoms. The lowest BCUT2D eigenvalue weighted by Gasteiger charge is -2.57. The number of esters is 1. The van der Waals surface area contributed by atoms with Crippen LogP contribution in [0.5, 0.6) is 0 Å². The Kier molecular flexibility index (Phi) is 6.38. The van der Waals surface area contributed by atoms with Crippen molar-refractivity contribution in [3.05, 3.63) is 22.8 Å². The molecule has 0 aromatic carbocycles. The number of allylic oxidation sites excluding steroid dienone is 1. The van der Waals surface area contributed by atoms with Crippen molar-refractivity contribution in [3.8, 4) is 0 Å². The van der Waals surface area contributed by atoms with Crippen LogP contribution in [0.15, 0.2) is 22.8 Å². The number of fused-ring (bicyclic) bond motifs is 3. The van der Waals surface area contributed by atoms with Crippen LogP contribution in [-0.2, 0) is 9.53 Å². The van der Waals surface area contributed by atoms with Crippen LogP contribution >= 0.6 is 0 Å². The molecule has 2 saturated carbocycles. The summed E-state index contributed by atoms with van der Waals surface area (Å²) in [4.78, 5) is 14.2. The number of aliphatic hydroxyl groups is 2. The van der Waals surface area contributed by atoms with E-state index in [0.29, 0.717) is 25.5 Å². The molecule has 5 nitrogen and oxygen atoms in total. The molecule has 2 fully saturated rings. The molecule has 0 heterocycles. The molecule has 0 aliphatic heterocycles. The normalized spacial score (nSPS) is 39.7. The Morgan fingerprint density at radius 3 is 2.71 bits per heavy atom. The average molecular weight is 392 g/mol. The van der Waals surface area contributed by atoms with Crippen LogP contribution in [0.3, 0.4) is 0 Å². The number of nitrogens with zero attached hydrogens (tertiary/aromatic N) is 1. The third-order valence-corrected chi connectivity index (χ3v) is 7.74. The van der Waals surface area contributed by atoms with E-state index < -0.39 is 6.10 Å². The van der Waals surface area contributed by atoms with E-state index in [-0.39, 0.29) is 29.3 Å². The maximum atomic E-state index is 12.2. The second kappa shape index (κ2) is 8.29. The number of carbonyl (C=O) groups excluding carboxylic acids is 1. The van der Waals surface area contributed by atoms with Gasteiger partial charge in [0.2, 0.25) is 0 Å². The van der Waals surface area contributed by atoms with Gasteiger partial charge < -0.3 is 19.8 Å². The summed E-state index contributed by atoms with van der Waals surface area (Å²) in [5, 5.41) is 21.3. The first-order valence-corrected chi connectivity index (χ1v) is 10.7. The van der Waals surface area contributed by atoms with E-state index in [0.717, 1.165) is 36.8 Å². The highest BCUT2D eigenvalue weighted by Crippen LogP contribution is 2.60. The zero-order valence-electron chi connectivity index (χ0n) is 18.1. The molecule has 0 spiro atoms. The maximum Gasteiger partial charge on any atom is 0.330 e. The van der Waals surface area contributed by atoms with Gasteiger partial charge in [0.25, 0.3) is 0 Å². The molecule has 0 bridgehead atoms. The SMILES string of the molecule is CC1=C2C[C@H](O)[C@H]3[C@@H](CCC(=CC(=O)OCCN(C)C)[C@@H]3C)[C@@]2(C)CC[C@@H]1O. The van der Waals surface area contributed by atoms with Crippen molar-refractivity contribution in [2.75, 3.05) is 27.2 Å². The summed E-state index contributed by atoms with van der Waals surface area (Å²) in [5.41, 5.74) is 3.52. The van der Waals surface area contributed by atoms with Gasteiger partial charge in [0, 0.05) is 12.6 Å². The lowest BCUT2D eigenvalue weighted by Crippen LogP contribution is -2.52. The molecule has 6 atom stereocenters. The van der Waals surface area contributed by atoms with Crippen molar-refractivity contribution in [2.24, 2.45) is 23.2 Å².